The van der Waals surface area contributed by atoms with Crippen molar-refractivity contribution in [2.45, 2.75) is 39.3 Å². The molecule has 0 aliphatic heterocycles. The summed E-state index contributed by atoms with van der Waals surface area (Å²) in [6.07, 6.45) is 4.52. The van der Waals surface area contributed by atoms with Crippen LogP contribution < -0.4 is 10.2 Å². The molecule has 1 aromatic heterocycles. The highest BCUT2D eigenvalue weighted by atomic mass is 16.5. The molecule has 0 atom stereocenters. The van der Waals surface area contributed by atoms with Crippen molar-refractivity contribution in [2.24, 2.45) is 5.92 Å². The standard InChI is InChI=1S/C16H27N3O/c1-13(2)12-19(15-6-7-15)16-14(5-4-8-18-16)11-17-9-10-20-3/h4-5,8,13,15,17H,6-7,9-12H2,1-3H3. The summed E-state index contributed by atoms with van der Waals surface area (Å²) >= 11 is 0. The second-order valence-corrected chi connectivity index (χ2v) is 5.93. The highest BCUT2D eigenvalue weighted by Crippen LogP contribution is 2.32. The first-order chi connectivity index (χ1) is 9.72. The summed E-state index contributed by atoms with van der Waals surface area (Å²) in [5, 5.41) is 3.42. The first-order valence-corrected chi connectivity index (χ1v) is 7.62. The molecule has 0 amide bonds. The van der Waals surface area contributed by atoms with Gasteiger partial charge in [0, 0.05) is 44.5 Å². The highest BCUT2D eigenvalue weighted by Gasteiger charge is 2.31. The van der Waals surface area contributed by atoms with Gasteiger partial charge in [-0.25, -0.2) is 4.98 Å². The van der Waals surface area contributed by atoms with Gasteiger partial charge in [-0.3, -0.25) is 0 Å². The summed E-state index contributed by atoms with van der Waals surface area (Å²) in [5.74, 6) is 1.82. The largest absolute Gasteiger partial charge is 0.383 e. The Kier molecular flexibility index (Phi) is 5.80. The molecule has 4 heteroatoms. The lowest BCUT2D eigenvalue weighted by atomic mass is 10.1. The lowest BCUT2D eigenvalue weighted by Gasteiger charge is -2.27. The Morgan fingerprint density at radius 1 is 1.45 bits per heavy atom. The van der Waals surface area contributed by atoms with Gasteiger partial charge < -0.3 is 15.0 Å². The fraction of sp³-hybridized carbons (Fsp3) is 0.688. The molecule has 1 aliphatic carbocycles. The molecule has 1 fully saturated rings. The van der Waals surface area contributed by atoms with Crippen molar-refractivity contribution in [3.63, 3.8) is 0 Å². The Bertz CT molecular complexity index is 404. The van der Waals surface area contributed by atoms with Gasteiger partial charge in [0.1, 0.15) is 5.82 Å². The van der Waals surface area contributed by atoms with E-state index in [0.29, 0.717) is 12.0 Å². The lowest BCUT2D eigenvalue weighted by Crippen LogP contribution is -2.32. The van der Waals surface area contributed by atoms with Crippen molar-refractivity contribution < 1.29 is 4.74 Å². The van der Waals surface area contributed by atoms with Gasteiger partial charge in [0.25, 0.3) is 0 Å². The van der Waals surface area contributed by atoms with Crippen LogP contribution in [-0.2, 0) is 11.3 Å². The summed E-state index contributed by atoms with van der Waals surface area (Å²) in [6, 6.07) is 4.90. The molecule has 0 saturated heterocycles. The fourth-order valence-corrected chi connectivity index (χ4v) is 2.41. The van der Waals surface area contributed by atoms with Gasteiger partial charge in [-0.15, -0.1) is 0 Å². The molecule has 20 heavy (non-hydrogen) atoms. The van der Waals surface area contributed by atoms with Crippen LogP contribution in [0.1, 0.15) is 32.3 Å². The van der Waals surface area contributed by atoms with Crippen LogP contribution in [0.15, 0.2) is 18.3 Å². The van der Waals surface area contributed by atoms with Crippen molar-refractivity contribution >= 4 is 5.82 Å². The molecule has 0 bridgehead atoms. The maximum atomic E-state index is 5.07. The van der Waals surface area contributed by atoms with E-state index in [1.807, 2.05) is 12.3 Å². The quantitative estimate of drug-likeness (QED) is 0.704. The van der Waals surface area contributed by atoms with Crippen LogP contribution in [0.25, 0.3) is 0 Å². The second kappa shape index (κ2) is 7.60. The minimum Gasteiger partial charge on any atom is -0.383 e. The Hall–Kier alpha value is -1.13. The maximum absolute atomic E-state index is 5.07. The third-order valence-electron chi connectivity index (χ3n) is 3.49. The Morgan fingerprint density at radius 3 is 2.90 bits per heavy atom. The summed E-state index contributed by atoms with van der Waals surface area (Å²) in [6.45, 7) is 8.11. The molecule has 1 heterocycles. The van der Waals surface area contributed by atoms with Gasteiger partial charge in [0.2, 0.25) is 0 Å². The van der Waals surface area contributed by atoms with E-state index in [1.165, 1.54) is 18.4 Å². The predicted octanol–water partition coefficient (Wildman–Crippen LogP) is 2.44. The van der Waals surface area contributed by atoms with Crippen LogP contribution in [0.2, 0.25) is 0 Å². The molecule has 0 radical (unpaired) electrons. The van der Waals surface area contributed by atoms with E-state index in [2.05, 4.69) is 35.1 Å². The number of anilines is 1. The summed E-state index contributed by atoms with van der Waals surface area (Å²) in [7, 11) is 1.73. The highest BCUT2D eigenvalue weighted by molar-refractivity contribution is 5.49. The molecular weight excluding hydrogens is 250 g/mol. The molecule has 1 saturated carbocycles. The number of nitrogens with zero attached hydrogens (tertiary/aromatic N) is 2. The number of methoxy groups -OCH3 is 1. The first kappa shape index (κ1) is 15.3. The molecule has 0 unspecified atom stereocenters. The van der Waals surface area contributed by atoms with Gasteiger partial charge in [0.05, 0.1) is 6.61 Å². The Balaban J connectivity index is 2.04. The van der Waals surface area contributed by atoms with Crippen LogP contribution in [-0.4, -0.2) is 37.8 Å². The number of aromatic nitrogens is 1. The summed E-state index contributed by atoms with van der Waals surface area (Å²) < 4.78 is 5.07. The SMILES string of the molecule is COCCNCc1cccnc1N(CC(C)C)C1CC1. The number of rotatable bonds is 9. The van der Waals surface area contributed by atoms with Crippen molar-refractivity contribution in [1.29, 1.82) is 0 Å². The molecule has 1 N–H and O–H groups in total. The average molecular weight is 277 g/mol. The zero-order valence-corrected chi connectivity index (χ0v) is 12.9. The van der Waals surface area contributed by atoms with Crippen molar-refractivity contribution in [1.82, 2.24) is 10.3 Å². The lowest BCUT2D eigenvalue weighted by molar-refractivity contribution is 0.199. The van der Waals surface area contributed by atoms with Crippen LogP contribution in [0.4, 0.5) is 5.82 Å². The first-order valence-electron chi connectivity index (χ1n) is 7.62. The molecule has 0 spiro atoms. The fourth-order valence-electron chi connectivity index (χ4n) is 2.41. The molecule has 2 rings (SSSR count). The molecule has 1 aromatic rings. The number of ether oxygens (including phenoxy) is 1. The van der Waals surface area contributed by atoms with Gasteiger partial charge in [0.15, 0.2) is 0 Å². The normalized spacial score (nSPS) is 14.8. The zero-order chi connectivity index (χ0) is 14.4. The Labute approximate surface area is 122 Å². The molecular formula is C16H27N3O. The van der Waals surface area contributed by atoms with Crippen molar-refractivity contribution in [2.75, 3.05) is 31.7 Å². The van der Waals surface area contributed by atoms with Crippen LogP contribution in [0, 0.1) is 5.92 Å². The van der Waals surface area contributed by atoms with Crippen molar-refractivity contribution in [3.05, 3.63) is 23.9 Å². The van der Waals surface area contributed by atoms with E-state index < -0.39 is 0 Å². The van der Waals surface area contributed by atoms with E-state index in [0.717, 1.165) is 32.1 Å². The molecule has 112 valence electrons. The summed E-state index contributed by atoms with van der Waals surface area (Å²) in [4.78, 5) is 7.14. The second-order valence-electron chi connectivity index (χ2n) is 5.93. The third-order valence-corrected chi connectivity index (χ3v) is 3.49. The van der Waals surface area contributed by atoms with Gasteiger partial charge in [-0.2, -0.15) is 0 Å². The van der Waals surface area contributed by atoms with Crippen LogP contribution in [0.3, 0.4) is 0 Å². The van der Waals surface area contributed by atoms with Gasteiger partial charge in [-0.05, 0) is 24.8 Å². The van der Waals surface area contributed by atoms with E-state index in [4.69, 9.17) is 4.74 Å². The van der Waals surface area contributed by atoms with Crippen molar-refractivity contribution in [3.8, 4) is 0 Å². The minimum absolute atomic E-state index is 0.659. The maximum Gasteiger partial charge on any atom is 0.133 e. The number of hydrogen-bond acceptors (Lipinski definition) is 4. The average Bonchev–Trinajstić information content (AvgIpc) is 3.26. The van der Waals surface area contributed by atoms with Gasteiger partial charge >= 0.3 is 0 Å². The monoisotopic (exact) mass is 277 g/mol. The Morgan fingerprint density at radius 2 is 2.25 bits per heavy atom. The topological polar surface area (TPSA) is 37.4 Å². The van der Waals surface area contributed by atoms with E-state index in [-0.39, 0.29) is 0 Å². The van der Waals surface area contributed by atoms with E-state index in [9.17, 15) is 0 Å². The smallest absolute Gasteiger partial charge is 0.133 e. The third kappa shape index (κ3) is 4.46. The number of nitrogens with one attached hydrogen (secondary N) is 1. The van der Waals surface area contributed by atoms with Crippen LogP contribution >= 0.6 is 0 Å². The molecule has 0 aromatic carbocycles. The molecule has 4 nitrogen and oxygen atoms in total. The zero-order valence-electron chi connectivity index (χ0n) is 12.9. The van der Waals surface area contributed by atoms with Gasteiger partial charge in [-0.1, -0.05) is 19.9 Å². The van der Waals surface area contributed by atoms with Crippen LogP contribution in [0.5, 0.6) is 0 Å². The number of hydrogen-bond donors (Lipinski definition) is 1. The minimum atomic E-state index is 0.659. The number of pyridine rings is 1. The van der Waals surface area contributed by atoms with E-state index in [1.54, 1.807) is 7.11 Å². The molecule has 1 aliphatic rings. The van der Waals surface area contributed by atoms with E-state index >= 15 is 0 Å². The predicted molar refractivity (Wildman–Crippen MR) is 83.0 cm³/mol. The summed E-state index contributed by atoms with van der Waals surface area (Å²) in [5.41, 5.74) is 1.29.